The van der Waals surface area contributed by atoms with Crippen molar-refractivity contribution in [1.29, 1.82) is 0 Å². The first-order valence-corrected chi connectivity index (χ1v) is 27.3. The standard InChI is InChI=1S/C75H52O2/c1-72(2)56-30-10-7-25-52(56)68-48(28-17-35-61(68)72)44-19-15-21-46(39-44)74(47-22-16-20-45(40-47)49-29-18-36-62-69(49)53-26-8-11-31-57(53)73(62,3)4)63-37-38-64-70(71(63)55-41-66-67(42-65(55)74)77-43-76-66)54-27-9-14-34-60(54)75(64)58-32-12-5-23-50(58)51-24-6-13-33-59(51)75/h5-42H,43H2,1-4H3. The van der Waals surface area contributed by atoms with Gasteiger partial charge in [-0.05, 0) is 169 Å². The monoisotopic (exact) mass is 984 g/mol. The lowest BCUT2D eigenvalue weighted by Crippen LogP contribution is -2.29. The van der Waals surface area contributed by atoms with Gasteiger partial charge in [0.15, 0.2) is 11.5 Å². The highest BCUT2D eigenvalue weighted by Gasteiger charge is 2.56. The minimum atomic E-state index is -0.812. The summed E-state index contributed by atoms with van der Waals surface area (Å²) >= 11 is 0. The Morgan fingerprint density at radius 3 is 1.16 bits per heavy atom. The van der Waals surface area contributed by atoms with Gasteiger partial charge in [0.2, 0.25) is 6.79 Å². The molecule has 0 saturated carbocycles. The molecule has 0 bridgehead atoms. The SMILES string of the molecule is CC1(C)c2ccccc2-c2c(-c3cccc(C4(c5cccc(-c6cccc7c6-c6ccccc6C7(C)C)c5)c5cc6c(cc5-c5c4ccc4c5-c5ccccc5C45c4ccccc4-c4ccccc45)OCO6)c3)cccc21. The van der Waals surface area contributed by atoms with Crippen LogP contribution in [0.3, 0.4) is 0 Å². The van der Waals surface area contributed by atoms with E-state index < -0.39 is 10.8 Å². The maximum atomic E-state index is 6.46. The summed E-state index contributed by atoms with van der Waals surface area (Å²) in [5.41, 5.74) is 31.9. The highest BCUT2D eigenvalue weighted by atomic mass is 16.7. The minimum absolute atomic E-state index is 0.130. The van der Waals surface area contributed by atoms with Gasteiger partial charge in [0.1, 0.15) is 0 Å². The lowest BCUT2D eigenvalue weighted by molar-refractivity contribution is 0.174. The number of hydrogen-bond donors (Lipinski definition) is 0. The van der Waals surface area contributed by atoms with Gasteiger partial charge in [0, 0.05) is 10.8 Å². The van der Waals surface area contributed by atoms with Crippen LogP contribution in [0, 0.1) is 0 Å². The van der Waals surface area contributed by atoms with Crippen molar-refractivity contribution < 1.29 is 9.47 Å². The first-order valence-electron chi connectivity index (χ1n) is 27.3. The average molecular weight is 985 g/mol. The molecular weight excluding hydrogens is 933 g/mol. The minimum Gasteiger partial charge on any atom is -0.454 e. The van der Waals surface area contributed by atoms with Crippen LogP contribution in [0.4, 0.5) is 0 Å². The molecule has 11 aromatic rings. The predicted octanol–water partition coefficient (Wildman–Crippen LogP) is 18.1. The fourth-order valence-corrected chi connectivity index (χ4v) is 16.0. The number of benzene rings is 11. The summed E-state index contributed by atoms with van der Waals surface area (Å²) < 4.78 is 12.9. The Balaban J connectivity index is 0.993. The second kappa shape index (κ2) is 14.9. The highest BCUT2D eigenvalue weighted by Crippen LogP contribution is 2.69. The molecule has 6 aliphatic rings. The Labute approximate surface area is 449 Å². The Hall–Kier alpha value is -8.98. The fraction of sp³-hybridized carbons (Fsp3) is 0.120. The molecular formula is C75H52O2. The summed E-state index contributed by atoms with van der Waals surface area (Å²) in [6, 6.07) is 88.2. The third kappa shape index (κ3) is 5.22. The summed E-state index contributed by atoms with van der Waals surface area (Å²) in [6.45, 7) is 9.69. The second-order valence-corrected chi connectivity index (χ2v) is 23.3. The number of ether oxygens (including phenoxy) is 2. The van der Waals surface area contributed by atoms with Crippen molar-refractivity contribution in [2.75, 3.05) is 6.79 Å². The zero-order chi connectivity index (χ0) is 51.2. The average Bonchev–Trinajstić information content (AvgIpc) is 3.36. The van der Waals surface area contributed by atoms with E-state index in [2.05, 4.69) is 258 Å². The van der Waals surface area contributed by atoms with E-state index in [-0.39, 0.29) is 17.6 Å². The molecule has 0 unspecified atom stereocenters. The van der Waals surface area contributed by atoms with Crippen LogP contribution in [0.2, 0.25) is 0 Å². The van der Waals surface area contributed by atoms with Crippen molar-refractivity contribution in [3.63, 3.8) is 0 Å². The maximum Gasteiger partial charge on any atom is 0.231 e. The van der Waals surface area contributed by atoms with Gasteiger partial charge in [-0.25, -0.2) is 0 Å². The lowest BCUT2D eigenvalue weighted by atomic mass is 9.66. The van der Waals surface area contributed by atoms with E-state index in [1.165, 1.54) is 145 Å². The van der Waals surface area contributed by atoms with E-state index in [4.69, 9.17) is 9.47 Å². The Morgan fingerprint density at radius 2 is 0.636 bits per heavy atom. The molecule has 5 aliphatic carbocycles. The van der Waals surface area contributed by atoms with Crippen molar-refractivity contribution in [3.05, 3.63) is 297 Å². The molecule has 364 valence electrons. The Kier molecular flexibility index (Phi) is 8.37. The summed E-state index contributed by atoms with van der Waals surface area (Å²) in [6.07, 6.45) is 0. The molecule has 0 atom stereocenters. The van der Waals surface area contributed by atoms with Gasteiger partial charge in [-0.2, -0.15) is 0 Å². The molecule has 11 aromatic carbocycles. The van der Waals surface area contributed by atoms with Crippen LogP contribution in [0.15, 0.2) is 231 Å². The third-order valence-electron chi connectivity index (χ3n) is 19.2. The van der Waals surface area contributed by atoms with Crippen molar-refractivity contribution in [1.82, 2.24) is 0 Å². The highest BCUT2D eigenvalue weighted by molar-refractivity contribution is 6.05. The van der Waals surface area contributed by atoms with Crippen molar-refractivity contribution in [2.24, 2.45) is 0 Å². The van der Waals surface area contributed by atoms with Crippen LogP contribution in [0.5, 0.6) is 11.5 Å². The first kappa shape index (κ1) is 43.3. The molecule has 0 aromatic heterocycles. The van der Waals surface area contributed by atoms with Gasteiger partial charge >= 0.3 is 0 Å². The Bertz CT molecular complexity index is 4250. The van der Waals surface area contributed by atoms with Crippen LogP contribution in [-0.2, 0) is 21.7 Å². The number of rotatable bonds is 4. The maximum absolute atomic E-state index is 6.46. The van der Waals surface area contributed by atoms with Gasteiger partial charge in [-0.3, -0.25) is 0 Å². The molecule has 17 rings (SSSR count). The smallest absolute Gasteiger partial charge is 0.231 e. The summed E-state index contributed by atoms with van der Waals surface area (Å²) in [4.78, 5) is 0. The van der Waals surface area contributed by atoms with Crippen LogP contribution in [0.1, 0.15) is 94.5 Å². The summed E-state index contributed by atoms with van der Waals surface area (Å²) in [5.74, 6) is 1.56. The number of fused-ring (bicyclic) bond motifs is 21. The third-order valence-corrected chi connectivity index (χ3v) is 19.2. The molecule has 2 nitrogen and oxygen atoms in total. The van der Waals surface area contributed by atoms with Crippen molar-refractivity contribution >= 4 is 0 Å². The molecule has 1 spiro atoms. The largest absolute Gasteiger partial charge is 0.454 e. The lowest BCUT2D eigenvalue weighted by Gasteiger charge is -2.35. The molecule has 0 N–H and O–H groups in total. The fourth-order valence-electron chi connectivity index (χ4n) is 16.0. The van der Waals surface area contributed by atoms with E-state index >= 15 is 0 Å². The van der Waals surface area contributed by atoms with Gasteiger partial charge in [-0.1, -0.05) is 234 Å². The van der Waals surface area contributed by atoms with Crippen LogP contribution < -0.4 is 9.47 Å². The normalized spacial score (nSPS) is 16.4. The molecule has 0 saturated heterocycles. The molecule has 0 fully saturated rings. The first-order chi connectivity index (χ1) is 37.7. The van der Waals surface area contributed by atoms with Gasteiger partial charge in [-0.15, -0.1) is 0 Å². The second-order valence-electron chi connectivity index (χ2n) is 23.3. The molecule has 1 aliphatic heterocycles. The van der Waals surface area contributed by atoms with Crippen molar-refractivity contribution in [2.45, 2.75) is 49.4 Å². The van der Waals surface area contributed by atoms with E-state index in [1.54, 1.807) is 0 Å². The van der Waals surface area contributed by atoms with Crippen LogP contribution >= 0.6 is 0 Å². The molecule has 1 heterocycles. The topological polar surface area (TPSA) is 18.5 Å². The van der Waals surface area contributed by atoms with Gasteiger partial charge < -0.3 is 9.47 Å². The molecule has 2 heteroatoms. The van der Waals surface area contributed by atoms with E-state index in [1.807, 2.05) is 0 Å². The molecule has 0 amide bonds. The number of hydrogen-bond acceptors (Lipinski definition) is 2. The van der Waals surface area contributed by atoms with Crippen molar-refractivity contribution in [3.8, 4) is 89.4 Å². The molecule has 77 heavy (non-hydrogen) atoms. The quantitative estimate of drug-likeness (QED) is 0.175. The van der Waals surface area contributed by atoms with E-state index in [0.717, 1.165) is 11.5 Å². The Morgan fingerprint density at radius 1 is 0.260 bits per heavy atom. The van der Waals surface area contributed by atoms with E-state index in [9.17, 15) is 0 Å². The van der Waals surface area contributed by atoms with Gasteiger partial charge in [0.25, 0.3) is 0 Å². The van der Waals surface area contributed by atoms with Crippen LogP contribution in [0.25, 0.3) is 77.9 Å². The predicted molar refractivity (Wildman–Crippen MR) is 312 cm³/mol. The van der Waals surface area contributed by atoms with Gasteiger partial charge in [0.05, 0.1) is 10.8 Å². The molecule has 0 radical (unpaired) electrons. The summed E-state index contributed by atoms with van der Waals surface area (Å²) in [5, 5.41) is 0. The zero-order valence-corrected chi connectivity index (χ0v) is 43.5. The van der Waals surface area contributed by atoms with E-state index in [0.29, 0.717) is 0 Å². The summed E-state index contributed by atoms with van der Waals surface area (Å²) in [7, 11) is 0. The zero-order valence-electron chi connectivity index (χ0n) is 43.5. The van der Waals surface area contributed by atoms with Crippen LogP contribution in [-0.4, -0.2) is 6.79 Å².